The number of aliphatic hydroxyl groups excluding tert-OH is 2. The summed E-state index contributed by atoms with van der Waals surface area (Å²) in [4.78, 5) is 28.5. The number of amides is 1. The molecule has 0 aliphatic heterocycles. The fraction of sp³-hybridized carbons (Fsp3) is 0.324. The van der Waals surface area contributed by atoms with Crippen molar-refractivity contribution in [3.8, 4) is 17.2 Å². The number of esters is 1. The number of hydrogen-bond acceptors (Lipinski definition) is 9. The highest BCUT2D eigenvalue weighted by atomic mass is 16.5. The number of aliphatic hydroxyl groups is 2. The largest absolute Gasteiger partial charge is 0.491 e. The first-order valence-electron chi connectivity index (χ1n) is 14.7. The molecule has 44 heavy (non-hydrogen) atoms. The standard InChI is InChI=1S/C34H39N3O7/c1-2-42-33(40)9-6-17-36-34(41)25-12-15-30-31(20-25)35-18-16-32(30)44-29-13-10-24(11-14-29)19-26(22-38)37-21-27(39)23-43-28-7-4-3-5-8-28/h3-5,7-8,10-16,18,20,26-27,37-39H,2,6,9,17,19,21-23H2,1H3,(H,36,41)/t26-,27-/m0/s1. The Morgan fingerprint density at radius 2 is 1.77 bits per heavy atom. The lowest BCUT2D eigenvalue weighted by Crippen LogP contribution is -2.41. The van der Waals surface area contributed by atoms with Gasteiger partial charge in [-0.2, -0.15) is 0 Å². The van der Waals surface area contributed by atoms with Crippen molar-refractivity contribution in [3.05, 3.63) is 96.2 Å². The van der Waals surface area contributed by atoms with Crippen molar-refractivity contribution >= 4 is 22.8 Å². The topological polar surface area (TPSA) is 139 Å². The highest BCUT2D eigenvalue weighted by Gasteiger charge is 2.13. The van der Waals surface area contributed by atoms with E-state index in [2.05, 4.69) is 15.6 Å². The van der Waals surface area contributed by atoms with Crippen LogP contribution in [0.5, 0.6) is 17.2 Å². The molecule has 0 bridgehead atoms. The Bertz CT molecular complexity index is 1480. The third kappa shape index (κ3) is 10.0. The number of carbonyl (C=O) groups is 2. The van der Waals surface area contributed by atoms with Crippen LogP contribution in [0.15, 0.2) is 85.1 Å². The van der Waals surface area contributed by atoms with Crippen LogP contribution in [0.4, 0.5) is 0 Å². The molecule has 3 aromatic carbocycles. The van der Waals surface area contributed by atoms with E-state index in [9.17, 15) is 19.8 Å². The van der Waals surface area contributed by atoms with Gasteiger partial charge in [0.2, 0.25) is 0 Å². The molecular formula is C34H39N3O7. The summed E-state index contributed by atoms with van der Waals surface area (Å²) in [6.45, 7) is 2.82. The van der Waals surface area contributed by atoms with Gasteiger partial charge in [0.05, 0.1) is 18.7 Å². The van der Waals surface area contributed by atoms with Gasteiger partial charge in [-0.3, -0.25) is 14.6 Å². The predicted octanol–water partition coefficient (Wildman–Crippen LogP) is 4.03. The molecule has 2 atom stereocenters. The van der Waals surface area contributed by atoms with Gasteiger partial charge in [0.15, 0.2) is 0 Å². The van der Waals surface area contributed by atoms with Gasteiger partial charge >= 0.3 is 5.97 Å². The van der Waals surface area contributed by atoms with Crippen molar-refractivity contribution in [2.24, 2.45) is 0 Å². The zero-order valence-corrected chi connectivity index (χ0v) is 24.8. The Labute approximate surface area is 257 Å². The number of carbonyl (C=O) groups excluding carboxylic acids is 2. The minimum Gasteiger partial charge on any atom is -0.491 e. The Morgan fingerprint density at radius 3 is 2.52 bits per heavy atom. The maximum atomic E-state index is 12.6. The van der Waals surface area contributed by atoms with Gasteiger partial charge in [-0.05, 0) is 73.9 Å². The van der Waals surface area contributed by atoms with Crippen LogP contribution in [-0.4, -0.2) is 72.1 Å². The van der Waals surface area contributed by atoms with Crippen LogP contribution in [0.1, 0.15) is 35.7 Å². The summed E-state index contributed by atoms with van der Waals surface area (Å²) in [5, 5.41) is 26.9. The molecular weight excluding hydrogens is 562 g/mol. The van der Waals surface area contributed by atoms with Crippen LogP contribution in [0.2, 0.25) is 0 Å². The third-order valence-electron chi connectivity index (χ3n) is 6.79. The van der Waals surface area contributed by atoms with E-state index in [-0.39, 0.29) is 44.1 Å². The molecule has 1 heterocycles. The lowest BCUT2D eigenvalue weighted by Gasteiger charge is -2.19. The van der Waals surface area contributed by atoms with E-state index < -0.39 is 6.10 Å². The molecule has 0 unspecified atom stereocenters. The summed E-state index contributed by atoms with van der Waals surface area (Å²) in [5.74, 6) is 1.41. The smallest absolute Gasteiger partial charge is 0.305 e. The number of rotatable bonds is 17. The molecule has 0 radical (unpaired) electrons. The van der Waals surface area contributed by atoms with E-state index in [0.29, 0.717) is 54.3 Å². The van der Waals surface area contributed by atoms with Crippen LogP contribution in [0, 0.1) is 0 Å². The Morgan fingerprint density at radius 1 is 0.977 bits per heavy atom. The summed E-state index contributed by atoms with van der Waals surface area (Å²) in [6.07, 6.45) is 2.23. The lowest BCUT2D eigenvalue weighted by atomic mass is 10.1. The number of aromatic nitrogens is 1. The fourth-order valence-corrected chi connectivity index (χ4v) is 4.50. The van der Waals surface area contributed by atoms with Gasteiger partial charge in [-0.15, -0.1) is 0 Å². The first-order valence-corrected chi connectivity index (χ1v) is 14.7. The molecule has 232 valence electrons. The highest BCUT2D eigenvalue weighted by Crippen LogP contribution is 2.29. The average molecular weight is 602 g/mol. The van der Waals surface area contributed by atoms with Gasteiger partial charge in [0.25, 0.3) is 5.91 Å². The van der Waals surface area contributed by atoms with E-state index >= 15 is 0 Å². The van der Waals surface area contributed by atoms with Crippen LogP contribution in [0.3, 0.4) is 0 Å². The number of para-hydroxylation sites is 1. The normalized spacial score (nSPS) is 12.3. The molecule has 10 nitrogen and oxygen atoms in total. The second kappa shape index (κ2) is 17.0. The van der Waals surface area contributed by atoms with Gasteiger partial charge in [-0.1, -0.05) is 30.3 Å². The molecule has 4 aromatic rings. The lowest BCUT2D eigenvalue weighted by molar-refractivity contribution is -0.143. The van der Waals surface area contributed by atoms with Crippen LogP contribution in [0.25, 0.3) is 10.9 Å². The van der Waals surface area contributed by atoms with E-state index in [1.807, 2.05) is 54.6 Å². The number of ether oxygens (including phenoxy) is 3. The van der Waals surface area contributed by atoms with Crippen molar-refractivity contribution in [3.63, 3.8) is 0 Å². The molecule has 4 rings (SSSR count). The van der Waals surface area contributed by atoms with Crippen LogP contribution < -0.4 is 20.1 Å². The number of benzene rings is 3. The third-order valence-corrected chi connectivity index (χ3v) is 6.79. The monoisotopic (exact) mass is 601 g/mol. The molecule has 0 saturated carbocycles. The zero-order chi connectivity index (χ0) is 31.1. The predicted molar refractivity (Wildman–Crippen MR) is 167 cm³/mol. The summed E-state index contributed by atoms with van der Waals surface area (Å²) in [6, 6.07) is 23.6. The maximum Gasteiger partial charge on any atom is 0.305 e. The minimum absolute atomic E-state index is 0.0822. The minimum atomic E-state index is -0.719. The van der Waals surface area contributed by atoms with E-state index in [1.165, 1.54) is 0 Å². The second-order valence-corrected chi connectivity index (χ2v) is 10.2. The molecule has 1 amide bonds. The summed E-state index contributed by atoms with van der Waals surface area (Å²) in [5.41, 5.74) is 2.08. The summed E-state index contributed by atoms with van der Waals surface area (Å²) < 4.78 is 16.6. The van der Waals surface area contributed by atoms with Gasteiger partial charge in [0, 0.05) is 42.7 Å². The molecule has 4 N–H and O–H groups in total. The molecule has 0 saturated heterocycles. The summed E-state index contributed by atoms with van der Waals surface area (Å²) >= 11 is 0. The molecule has 0 aliphatic rings. The van der Waals surface area contributed by atoms with E-state index in [0.717, 1.165) is 10.9 Å². The second-order valence-electron chi connectivity index (χ2n) is 10.2. The molecule has 10 heteroatoms. The van der Waals surface area contributed by atoms with Crippen molar-refractivity contribution in [1.29, 1.82) is 0 Å². The highest BCUT2D eigenvalue weighted by molar-refractivity contribution is 5.98. The Kier molecular flexibility index (Phi) is 12.5. The number of fused-ring (bicyclic) bond motifs is 1. The number of nitrogens with one attached hydrogen (secondary N) is 2. The quantitative estimate of drug-likeness (QED) is 0.104. The van der Waals surface area contributed by atoms with E-state index in [1.54, 1.807) is 37.4 Å². The first-order chi connectivity index (χ1) is 21.4. The van der Waals surface area contributed by atoms with Crippen molar-refractivity contribution in [2.45, 2.75) is 38.3 Å². The zero-order valence-electron chi connectivity index (χ0n) is 24.8. The molecule has 0 fully saturated rings. The fourth-order valence-electron chi connectivity index (χ4n) is 4.50. The number of pyridine rings is 1. The van der Waals surface area contributed by atoms with E-state index in [4.69, 9.17) is 14.2 Å². The first kappa shape index (κ1) is 32.4. The Balaban J connectivity index is 1.27. The van der Waals surface area contributed by atoms with Crippen LogP contribution >= 0.6 is 0 Å². The Hall–Kier alpha value is -4.51. The maximum absolute atomic E-state index is 12.6. The van der Waals surface area contributed by atoms with Crippen molar-refractivity contribution < 1.29 is 34.0 Å². The van der Waals surface area contributed by atoms with Crippen LogP contribution in [-0.2, 0) is 16.0 Å². The average Bonchev–Trinajstić information content (AvgIpc) is 3.05. The number of nitrogens with zero attached hydrogens (tertiary/aromatic N) is 1. The van der Waals surface area contributed by atoms with Gasteiger partial charge in [0.1, 0.15) is 30.0 Å². The molecule has 1 aromatic heterocycles. The SMILES string of the molecule is CCOC(=O)CCCNC(=O)c1ccc2c(Oc3ccc(C[C@@H](CO)NC[C@H](O)COc4ccccc4)cc3)ccnc2c1. The number of hydrogen-bond donors (Lipinski definition) is 4. The summed E-state index contributed by atoms with van der Waals surface area (Å²) in [7, 11) is 0. The van der Waals surface area contributed by atoms with Crippen molar-refractivity contribution in [1.82, 2.24) is 15.6 Å². The molecule has 0 spiro atoms. The molecule has 0 aliphatic carbocycles. The van der Waals surface area contributed by atoms with Gasteiger partial charge in [-0.25, -0.2) is 0 Å². The van der Waals surface area contributed by atoms with Gasteiger partial charge < -0.3 is 35.1 Å². The van der Waals surface area contributed by atoms with Crippen molar-refractivity contribution in [2.75, 3.05) is 32.9 Å².